The third kappa shape index (κ3) is 4.10. The molecule has 20 heavy (non-hydrogen) atoms. The molecule has 1 atom stereocenters. The van der Waals surface area contributed by atoms with Gasteiger partial charge in [0.25, 0.3) is 0 Å². The maximum Gasteiger partial charge on any atom is 0.312 e. The number of primary amides is 1. The van der Waals surface area contributed by atoms with Crippen LogP contribution in [-0.2, 0) is 4.79 Å². The van der Waals surface area contributed by atoms with E-state index < -0.39 is 12.1 Å². The molecule has 1 unspecified atom stereocenters. The Balaban J connectivity index is 2.00. The molecule has 104 valence electrons. The maximum absolute atomic E-state index is 12.0. The molecule has 0 saturated carbocycles. The van der Waals surface area contributed by atoms with Crippen molar-refractivity contribution in [2.24, 2.45) is 5.73 Å². The second kappa shape index (κ2) is 6.72. The second-order valence-corrected chi connectivity index (χ2v) is 5.17. The first kappa shape index (κ1) is 14.1. The van der Waals surface area contributed by atoms with E-state index in [1.807, 2.05) is 35.7 Å². The normalized spacial score (nSPS) is 11.6. The zero-order valence-corrected chi connectivity index (χ0v) is 11.5. The standard InChI is InChI=1S/C14H15N3O2S/c15-14(19)17-11(12-7-4-8-20-12)9-13(18)16-10-5-2-1-3-6-10/h1-8,11H,9H2,(H,16,18)(H3,15,17,19). The number of anilines is 1. The number of nitrogens with two attached hydrogens (primary N) is 1. The molecule has 1 aromatic carbocycles. The second-order valence-electron chi connectivity index (χ2n) is 4.19. The molecule has 2 rings (SSSR count). The van der Waals surface area contributed by atoms with Crippen LogP contribution in [-0.4, -0.2) is 11.9 Å². The lowest BCUT2D eigenvalue weighted by molar-refractivity contribution is -0.116. The van der Waals surface area contributed by atoms with Crippen LogP contribution in [0.25, 0.3) is 0 Å². The summed E-state index contributed by atoms with van der Waals surface area (Å²) < 4.78 is 0. The van der Waals surface area contributed by atoms with Gasteiger partial charge < -0.3 is 16.4 Å². The Bertz CT molecular complexity index is 569. The smallest absolute Gasteiger partial charge is 0.312 e. The fraction of sp³-hybridized carbons (Fsp3) is 0.143. The Hall–Kier alpha value is -2.34. The van der Waals surface area contributed by atoms with Crippen molar-refractivity contribution in [2.75, 3.05) is 5.32 Å². The summed E-state index contributed by atoms with van der Waals surface area (Å²) in [6.45, 7) is 0. The maximum atomic E-state index is 12.0. The fourth-order valence-electron chi connectivity index (χ4n) is 1.80. The Labute approximate surface area is 120 Å². The van der Waals surface area contributed by atoms with Crippen LogP contribution in [0.5, 0.6) is 0 Å². The van der Waals surface area contributed by atoms with Gasteiger partial charge in [-0.05, 0) is 23.6 Å². The van der Waals surface area contributed by atoms with Crippen LogP contribution in [0.4, 0.5) is 10.5 Å². The van der Waals surface area contributed by atoms with E-state index >= 15 is 0 Å². The van der Waals surface area contributed by atoms with Crippen LogP contribution in [0.15, 0.2) is 47.8 Å². The Kier molecular flexibility index (Phi) is 4.73. The van der Waals surface area contributed by atoms with Gasteiger partial charge >= 0.3 is 6.03 Å². The number of nitrogens with one attached hydrogen (secondary N) is 2. The van der Waals surface area contributed by atoms with Crippen LogP contribution in [0, 0.1) is 0 Å². The quantitative estimate of drug-likeness (QED) is 0.790. The molecule has 0 fully saturated rings. The number of urea groups is 1. The monoisotopic (exact) mass is 289 g/mol. The summed E-state index contributed by atoms with van der Waals surface area (Å²) in [5.74, 6) is -0.177. The van der Waals surface area contributed by atoms with Gasteiger partial charge in [-0.3, -0.25) is 4.79 Å². The highest BCUT2D eigenvalue weighted by Crippen LogP contribution is 2.22. The molecule has 0 bridgehead atoms. The summed E-state index contributed by atoms with van der Waals surface area (Å²) >= 11 is 1.47. The number of para-hydroxylation sites is 1. The van der Waals surface area contributed by atoms with Crippen molar-refractivity contribution in [3.63, 3.8) is 0 Å². The molecule has 3 amide bonds. The van der Waals surface area contributed by atoms with Crippen molar-refractivity contribution < 1.29 is 9.59 Å². The number of hydrogen-bond acceptors (Lipinski definition) is 3. The first-order valence-corrected chi connectivity index (χ1v) is 6.97. The molecular weight excluding hydrogens is 274 g/mol. The zero-order valence-electron chi connectivity index (χ0n) is 10.7. The highest BCUT2D eigenvalue weighted by atomic mass is 32.1. The number of amides is 3. The van der Waals surface area contributed by atoms with E-state index in [2.05, 4.69) is 10.6 Å². The third-order valence-electron chi connectivity index (χ3n) is 2.65. The number of hydrogen-bond donors (Lipinski definition) is 3. The Morgan fingerprint density at radius 3 is 2.50 bits per heavy atom. The molecule has 5 nitrogen and oxygen atoms in total. The van der Waals surface area contributed by atoms with Gasteiger partial charge in [0.2, 0.25) is 5.91 Å². The van der Waals surface area contributed by atoms with E-state index in [1.54, 1.807) is 12.1 Å². The van der Waals surface area contributed by atoms with Gasteiger partial charge in [0, 0.05) is 10.6 Å². The van der Waals surface area contributed by atoms with Crippen molar-refractivity contribution in [3.8, 4) is 0 Å². The lowest BCUT2D eigenvalue weighted by atomic mass is 10.1. The minimum Gasteiger partial charge on any atom is -0.352 e. The minimum absolute atomic E-state index is 0.137. The van der Waals surface area contributed by atoms with E-state index in [9.17, 15) is 9.59 Å². The lowest BCUT2D eigenvalue weighted by Gasteiger charge is -2.15. The highest BCUT2D eigenvalue weighted by molar-refractivity contribution is 7.10. The van der Waals surface area contributed by atoms with E-state index in [1.165, 1.54) is 11.3 Å². The van der Waals surface area contributed by atoms with Crippen LogP contribution >= 0.6 is 11.3 Å². The largest absolute Gasteiger partial charge is 0.352 e. The summed E-state index contributed by atoms with van der Waals surface area (Å²) in [5, 5.41) is 7.26. The van der Waals surface area contributed by atoms with Gasteiger partial charge in [0.05, 0.1) is 12.5 Å². The molecule has 0 aliphatic rings. The molecule has 0 spiro atoms. The molecule has 1 aromatic heterocycles. The first-order valence-electron chi connectivity index (χ1n) is 6.09. The first-order chi connectivity index (χ1) is 9.65. The van der Waals surface area contributed by atoms with Crippen molar-refractivity contribution in [3.05, 3.63) is 52.7 Å². The van der Waals surface area contributed by atoms with Gasteiger partial charge in [-0.15, -0.1) is 11.3 Å². The lowest BCUT2D eigenvalue weighted by Crippen LogP contribution is -2.34. The number of carbonyl (C=O) groups excluding carboxylic acids is 2. The summed E-state index contributed by atoms with van der Waals surface area (Å²) in [4.78, 5) is 23.9. The SMILES string of the molecule is NC(=O)NC(CC(=O)Nc1ccccc1)c1cccs1. The van der Waals surface area contributed by atoms with Crippen molar-refractivity contribution in [1.29, 1.82) is 0 Å². The summed E-state index contributed by atoms with van der Waals surface area (Å²) in [5.41, 5.74) is 5.87. The Morgan fingerprint density at radius 1 is 1.15 bits per heavy atom. The number of rotatable bonds is 5. The molecule has 1 heterocycles. The van der Waals surface area contributed by atoms with Gasteiger partial charge in [-0.25, -0.2) is 4.79 Å². The number of benzene rings is 1. The van der Waals surface area contributed by atoms with Gasteiger partial charge in [-0.1, -0.05) is 24.3 Å². The average Bonchev–Trinajstić information content (AvgIpc) is 2.92. The molecular formula is C14H15N3O2S. The minimum atomic E-state index is -0.643. The summed E-state index contributed by atoms with van der Waals surface area (Å²) in [6, 6.07) is 11.8. The summed E-state index contributed by atoms with van der Waals surface area (Å²) in [6.07, 6.45) is 0.137. The number of carbonyl (C=O) groups is 2. The molecule has 2 aromatic rings. The van der Waals surface area contributed by atoms with Crippen LogP contribution in [0.2, 0.25) is 0 Å². The van der Waals surface area contributed by atoms with E-state index in [-0.39, 0.29) is 12.3 Å². The third-order valence-corrected chi connectivity index (χ3v) is 3.64. The van der Waals surface area contributed by atoms with E-state index in [4.69, 9.17) is 5.73 Å². The van der Waals surface area contributed by atoms with Crippen molar-refractivity contribution >= 4 is 29.0 Å². The van der Waals surface area contributed by atoms with Gasteiger partial charge in [-0.2, -0.15) is 0 Å². The van der Waals surface area contributed by atoms with E-state index in [0.29, 0.717) is 0 Å². The van der Waals surface area contributed by atoms with Crippen LogP contribution in [0.1, 0.15) is 17.3 Å². The highest BCUT2D eigenvalue weighted by Gasteiger charge is 2.18. The van der Waals surface area contributed by atoms with Gasteiger partial charge in [0.1, 0.15) is 0 Å². The zero-order chi connectivity index (χ0) is 14.4. The molecule has 0 radical (unpaired) electrons. The summed E-state index contributed by atoms with van der Waals surface area (Å²) in [7, 11) is 0. The average molecular weight is 289 g/mol. The molecule has 6 heteroatoms. The molecule has 0 aliphatic heterocycles. The van der Waals surface area contributed by atoms with Gasteiger partial charge in [0.15, 0.2) is 0 Å². The predicted octanol–water partition coefficient (Wildman–Crippen LogP) is 2.49. The topological polar surface area (TPSA) is 84.2 Å². The number of thiophene rings is 1. The van der Waals surface area contributed by atoms with Crippen molar-refractivity contribution in [2.45, 2.75) is 12.5 Å². The molecule has 4 N–H and O–H groups in total. The molecule has 0 saturated heterocycles. The van der Waals surface area contributed by atoms with Crippen LogP contribution in [0.3, 0.4) is 0 Å². The van der Waals surface area contributed by atoms with Crippen molar-refractivity contribution in [1.82, 2.24) is 5.32 Å². The van der Waals surface area contributed by atoms with Crippen LogP contribution < -0.4 is 16.4 Å². The predicted molar refractivity (Wildman–Crippen MR) is 79.5 cm³/mol. The molecule has 0 aliphatic carbocycles. The Morgan fingerprint density at radius 2 is 1.90 bits per heavy atom. The van der Waals surface area contributed by atoms with E-state index in [0.717, 1.165) is 10.6 Å². The fourth-order valence-corrected chi connectivity index (χ4v) is 2.58.